The van der Waals surface area contributed by atoms with Crippen LogP contribution in [0.5, 0.6) is 11.5 Å². The summed E-state index contributed by atoms with van der Waals surface area (Å²) in [5.41, 5.74) is 24.8. The van der Waals surface area contributed by atoms with Gasteiger partial charge in [-0.3, -0.25) is 0 Å². The summed E-state index contributed by atoms with van der Waals surface area (Å²) < 4.78 is 7.43. The summed E-state index contributed by atoms with van der Waals surface area (Å²) in [5, 5.41) is 0. The highest BCUT2D eigenvalue weighted by atomic mass is 16.5. The van der Waals surface area contributed by atoms with Gasteiger partial charge in [0.15, 0.2) is 0 Å². The Morgan fingerprint density at radius 3 is 1.29 bits per heavy atom. The molecule has 0 aromatic heterocycles. The fourth-order valence-electron chi connectivity index (χ4n) is 13.2. The SMILES string of the molecule is CC(C)(C)c1ccc2c(c1)C1(c3ccccc3Oc3c(-c4ccccc4N(c4ccccc4)c4ccc5c(c4)C4(c6ccccc6-c6ccccc64)c4ccccc4-5)cccc31)c1cc(C(C)(C)C)ccc1-2. The number of hydrogen-bond acceptors (Lipinski definition) is 2. The van der Waals surface area contributed by atoms with E-state index >= 15 is 0 Å². The van der Waals surface area contributed by atoms with Crippen LogP contribution in [0.25, 0.3) is 44.5 Å². The Kier molecular flexibility index (Phi) is 8.98. The minimum absolute atomic E-state index is 0.0543. The summed E-state index contributed by atoms with van der Waals surface area (Å²) in [7, 11) is 0. The quantitative estimate of drug-likeness (QED) is 0.174. The summed E-state index contributed by atoms with van der Waals surface area (Å²) >= 11 is 0. The van der Waals surface area contributed by atoms with Gasteiger partial charge in [-0.25, -0.2) is 0 Å². The van der Waals surface area contributed by atoms with Gasteiger partial charge in [0.05, 0.1) is 16.5 Å². The molecule has 10 aromatic carbocycles. The van der Waals surface area contributed by atoms with Crippen molar-refractivity contribution in [1.82, 2.24) is 0 Å². The summed E-state index contributed by atoms with van der Waals surface area (Å²) in [6, 6.07) is 84.4. The molecule has 0 saturated carbocycles. The van der Waals surface area contributed by atoms with E-state index < -0.39 is 10.8 Å². The molecule has 0 fully saturated rings. The lowest BCUT2D eigenvalue weighted by Crippen LogP contribution is -2.33. The van der Waals surface area contributed by atoms with E-state index in [9.17, 15) is 0 Å². The Morgan fingerprint density at radius 1 is 0.306 bits per heavy atom. The highest BCUT2D eigenvalue weighted by Crippen LogP contribution is 2.66. The zero-order valence-corrected chi connectivity index (χ0v) is 41.7. The van der Waals surface area contributed by atoms with Gasteiger partial charge in [0, 0.05) is 33.6 Å². The molecule has 4 aliphatic rings. The number of para-hydroxylation sites is 4. The van der Waals surface area contributed by atoms with E-state index in [0.717, 1.165) is 45.3 Å². The summed E-state index contributed by atoms with van der Waals surface area (Å²) in [6.07, 6.45) is 0. The molecule has 0 saturated heterocycles. The molecule has 0 radical (unpaired) electrons. The molecule has 0 atom stereocenters. The second-order valence-electron chi connectivity index (χ2n) is 22.4. The van der Waals surface area contributed by atoms with Crippen molar-refractivity contribution in [3.63, 3.8) is 0 Å². The van der Waals surface area contributed by atoms with E-state index in [4.69, 9.17) is 4.74 Å². The molecular weight excluding hydrogens is 871 g/mol. The van der Waals surface area contributed by atoms with Crippen LogP contribution in [-0.4, -0.2) is 0 Å². The van der Waals surface area contributed by atoms with Crippen molar-refractivity contribution in [3.8, 4) is 56.0 Å². The van der Waals surface area contributed by atoms with Crippen LogP contribution in [0, 0.1) is 0 Å². The van der Waals surface area contributed by atoms with Gasteiger partial charge in [-0.1, -0.05) is 230 Å². The lowest BCUT2D eigenvalue weighted by molar-refractivity contribution is 0.437. The third-order valence-corrected chi connectivity index (χ3v) is 16.5. The van der Waals surface area contributed by atoms with Crippen LogP contribution in [0.3, 0.4) is 0 Å². The number of hydrogen-bond donors (Lipinski definition) is 0. The van der Waals surface area contributed by atoms with Crippen LogP contribution in [0.4, 0.5) is 17.1 Å². The van der Waals surface area contributed by atoms with Gasteiger partial charge in [-0.15, -0.1) is 0 Å². The summed E-state index contributed by atoms with van der Waals surface area (Å²) in [5.74, 6) is 1.77. The van der Waals surface area contributed by atoms with Crippen LogP contribution in [-0.2, 0) is 21.7 Å². The molecule has 14 rings (SSSR count). The van der Waals surface area contributed by atoms with E-state index in [2.05, 4.69) is 271 Å². The smallest absolute Gasteiger partial charge is 0.140 e. The molecule has 1 heterocycles. The highest BCUT2D eigenvalue weighted by molar-refractivity contribution is 5.98. The number of anilines is 3. The van der Waals surface area contributed by atoms with Crippen molar-refractivity contribution in [2.24, 2.45) is 0 Å². The minimum atomic E-state index is -0.640. The Hall–Kier alpha value is -8.20. The molecule has 0 bridgehead atoms. The zero-order chi connectivity index (χ0) is 48.7. The fourth-order valence-corrected chi connectivity index (χ4v) is 13.2. The van der Waals surface area contributed by atoms with Crippen LogP contribution in [0.15, 0.2) is 224 Å². The van der Waals surface area contributed by atoms with Crippen molar-refractivity contribution in [1.29, 1.82) is 0 Å². The highest BCUT2D eigenvalue weighted by Gasteiger charge is 2.54. The number of nitrogens with zero attached hydrogens (tertiary/aromatic N) is 1. The van der Waals surface area contributed by atoms with E-state index in [1.807, 2.05) is 0 Å². The van der Waals surface area contributed by atoms with E-state index in [1.54, 1.807) is 0 Å². The lowest BCUT2D eigenvalue weighted by Gasteiger charge is -2.41. The van der Waals surface area contributed by atoms with Gasteiger partial charge in [0.25, 0.3) is 0 Å². The maximum Gasteiger partial charge on any atom is 0.140 e. The standard InChI is InChI=1S/C70H55NO/c1-67(2,3)44-35-38-51-52-39-36-45(68(4,5)6)42-62(52)70(61(51)41-44)59-31-17-19-34-65(59)72-66-55(27-20-32-60(66)70)54-26-13-18-33-64(54)71(46-21-8-7-9-22-46)47-37-40-53-50-25-12-16-30-58(50)69(63(53)43-47)56-28-14-10-23-48(56)49-24-11-15-29-57(49)69/h7-43H,1-6H3. The lowest BCUT2D eigenvalue weighted by atomic mass is 9.64. The van der Waals surface area contributed by atoms with Crippen molar-refractivity contribution in [2.45, 2.75) is 63.2 Å². The van der Waals surface area contributed by atoms with Gasteiger partial charge >= 0.3 is 0 Å². The molecule has 0 amide bonds. The molecular formula is C70H55NO. The predicted octanol–water partition coefficient (Wildman–Crippen LogP) is 18.2. The van der Waals surface area contributed by atoms with Crippen LogP contribution in [0.2, 0.25) is 0 Å². The Balaban J connectivity index is 1.02. The Labute approximate surface area is 423 Å². The maximum absolute atomic E-state index is 7.43. The molecule has 0 N–H and O–H groups in total. The second-order valence-corrected chi connectivity index (χ2v) is 22.4. The summed E-state index contributed by atoms with van der Waals surface area (Å²) in [6.45, 7) is 14.0. The normalized spacial score (nSPS) is 14.6. The van der Waals surface area contributed by atoms with Gasteiger partial charge in [-0.2, -0.15) is 0 Å². The third-order valence-electron chi connectivity index (χ3n) is 16.5. The largest absolute Gasteiger partial charge is 0.456 e. The molecule has 0 unspecified atom stereocenters. The first-order valence-corrected chi connectivity index (χ1v) is 25.6. The predicted molar refractivity (Wildman–Crippen MR) is 298 cm³/mol. The van der Waals surface area contributed by atoms with E-state index in [-0.39, 0.29) is 10.8 Å². The van der Waals surface area contributed by atoms with E-state index in [0.29, 0.717) is 0 Å². The maximum atomic E-state index is 7.43. The van der Waals surface area contributed by atoms with E-state index in [1.165, 1.54) is 83.5 Å². The summed E-state index contributed by atoms with van der Waals surface area (Å²) in [4.78, 5) is 2.47. The monoisotopic (exact) mass is 925 g/mol. The van der Waals surface area contributed by atoms with Crippen LogP contribution in [0.1, 0.15) is 97.2 Å². The van der Waals surface area contributed by atoms with Crippen molar-refractivity contribution in [3.05, 3.63) is 280 Å². The van der Waals surface area contributed by atoms with Gasteiger partial charge < -0.3 is 9.64 Å². The number of rotatable bonds is 4. The molecule has 2 spiro atoms. The molecule has 3 aliphatic carbocycles. The number of ether oxygens (including phenoxy) is 1. The molecule has 2 nitrogen and oxygen atoms in total. The van der Waals surface area contributed by atoms with Gasteiger partial charge in [0.1, 0.15) is 11.5 Å². The first-order valence-electron chi connectivity index (χ1n) is 25.6. The zero-order valence-electron chi connectivity index (χ0n) is 41.7. The van der Waals surface area contributed by atoms with Crippen molar-refractivity contribution < 1.29 is 4.74 Å². The molecule has 72 heavy (non-hydrogen) atoms. The fraction of sp³-hybridized carbons (Fsp3) is 0.143. The topological polar surface area (TPSA) is 12.5 Å². The molecule has 10 aromatic rings. The molecule has 346 valence electrons. The first-order chi connectivity index (χ1) is 35.0. The van der Waals surface area contributed by atoms with Crippen LogP contribution >= 0.6 is 0 Å². The van der Waals surface area contributed by atoms with Gasteiger partial charge in [0.2, 0.25) is 0 Å². The van der Waals surface area contributed by atoms with Crippen LogP contribution < -0.4 is 9.64 Å². The Morgan fingerprint density at radius 2 is 0.722 bits per heavy atom. The molecule has 1 aliphatic heterocycles. The average molecular weight is 926 g/mol. The van der Waals surface area contributed by atoms with Crippen molar-refractivity contribution in [2.75, 3.05) is 4.90 Å². The Bertz CT molecular complexity index is 3750. The average Bonchev–Trinajstić information content (AvgIpc) is 3.99. The minimum Gasteiger partial charge on any atom is -0.456 e. The van der Waals surface area contributed by atoms with Crippen molar-refractivity contribution >= 4 is 17.1 Å². The number of fused-ring (bicyclic) bond motifs is 19. The van der Waals surface area contributed by atoms with Gasteiger partial charge in [-0.05, 0) is 125 Å². The third kappa shape index (κ3) is 5.72. The first kappa shape index (κ1) is 42.7. The number of benzene rings is 10. The second kappa shape index (κ2) is 15.2. The molecule has 2 heteroatoms.